The molecule has 0 saturated heterocycles. The van der Waals surface area contributed by atoms with E-state index in [-0.39, 0.29) is 13.2 Å². The van der Waals surface area contributed by atoms with Crippen LogP contribution in [0, 0.1) is 0 Å². The Morgan fingerprint density at radius 1 is 1.19 bits per heavy atom. The molecule has 0 bridgehead atoms. The Morgan fingerprint density at radius 2 is 1.67 bits per heavy atom. The molecule has 0 aliphatic carbocycles. The van der Waals surface area contributed by atoms with Crippen molar-refractivity contribution in [1.29, 1.82) is 0 Å². The molecule has 7 nitrogen and oxygen atoms in total. The summed E-state index contributed by atoms with van der Waals surface area (Å²) in [6.07, 6.45) is -1.88. The Labute approximate surface area is 123 Å². The van der Waals surface area contributed by atoms with Crippen LogP contribution in [0.1, 0.15) is 27.7 Å². The van der Waals surface area contributed by atoms with Gasteiger partial charge in [-0.05, 0) is 27.7 Å². The molecule has 0 aliphatic heterocycles. The molecule has 0 aromatic carbocycles. The molecular formula is C11H21F2NO6S. The van der Waals surface area contributed by atoms with Crippen LogP contribution >= 0.6 is 0 Å². The van der Waals surface area contributed by atoms with Crippen LogP contribution < -0.4 is 4.72 Å². The van der Waals surface area contributed by atoms with Gasteiger partial charge in [0.25, 0.3) is 10.0 Å². The summed E-state index contributed by atoms with van der Waals surface area (Å²) < 4.78 is 66.0. The summed E-state index contributed by atoms with van der Waals surface area (Å²) in [5.41, 5.74) is 0. The van der Waals surface area contributed by atoms with Crippen molar-refractivity contribution >= 4 is 16.0 Å². The van der Waals surface area contributed by atoms with E-state index in [1.54, 1.807) is 18.6 Å². The molecule has 0 aromatic rings. The quantitative estimate of drug-likeness (QED) is 0.471. The van der Waals surface area contributed by atoms with E-state index in [9.17, 15) is 22.0 Å². The number of halogens is 2. The average Bonchev–Trinajstić information content (AvgIpc) is 2.35. The zero-order valence-corrected chi connectivity index (χ0v) is 13.2. The second kappa shape index (κ2) is 8.57. The van der Waals surface area contributed by atoms with Gasteiger partial charge in [0.2, 0.25) is 0 Å². The Bertz CT molecular complexity index is 420. The maximum Gasteiger partial charge on any atom is 0.454 e. The topological polar surface area (TPSA) is 90.9 Å². The highest BCUT2D eigenvalue weighted by atomic mass is 32.2. The number of alkyl halides is 2. The second-order valence-electron chi connectivity index (χ2n) is 4.16. The van der Waals surface area contributed by atoms with E-state index in [0.717, 1.165) is 0 Å². The third kappa shape index (κ3) is 6.20. The fraction of sp³-hybridized carbons (Fsp3) is 0.909. The molecule has 126 valence electrons. The van der Waals surface area contributed by atoms with E-state index in [2.05, 4.69) is 4.74 Å². The van der Waals surface area contributed by atoms with E-state index < -0.39 is 40.2 Å². The molecule has 0 rings (SSSR count). The van der Waals surface area contributed by atoms with Gasteiger partial charge >= 0.3 is 11.2 Å². The van der Waals surface area contributed by atoms with Crippen LogP contribution in [0.3, 0.4) is 0 Å². The highest BCUT2D eigenvalue weighted by Crippen LogP contribution is 2.23. The van der Waals surface area contributed by atoms with Gasteiger partial charge in [0, 0.05) is 13.2 Å². The van der Waals surface area contributed by atoms with E-state index in [0.29, 0.717) is 0 Å². The van der Waals surface area contributed by atoms with Crippen LogP contribution in [0.25, 0.3) is 0 Å². The fourth-order valence-corrected chi connectivity index (χ4v) is 2.00. The standard InChI is InChI=1S/C11H21F2NO6S/c1-5-18-9(19-6-2)7-14-21(16,17)11(12,13)10(15)20-8(3)4/h8-9,14H,5-7H2,1-4H3. The maximum absolute atomic E-state index is 13.6. The zero-order chi connectivity index (χ0) is 16.7. The van der Waals surface area contributed by atoms with E-state index >= 15 is 0 Å². The van der Waals surface area contributed by atoms with Crippen molar-refractivity contribution in [2.45, 2.75) is 45.3 Å². The van der Waals surface area contributed by atoms with Gasteiger partial charge in [-0.1, -0.05) is 0 Å². The van der Waals surface area contributed by atoms with Gasteiger partial charge < -0.3 is 14.2 Å². The van der Waals surface area contributed by atoms with E-state index in [1.165, 1.54) is 13.8 Å². The summed E-state index contributed by atoms with van der Waals surface area (Å²) in [6.45, 7) is 5.79. The molecule has 0 radical (unpaired) electrons. The lowest BCUT2D eigenvalue weighted by atomic mass is 10.5. The summed E-state index contributed by atoms with van der Waals surface area (Å²) in [6, 6.07) is 0. The Hall–Kier alpha value is -0.840. The fourth-order valence-electron chi connectivity index (χ4n) is 1.20. The van der Waals surface area contributed by atoms with Crippen LogP contribution in [-0.2, 0) is 29.0 Å². The SMILES string of the molecule is CCOC(CNS(=O)(=O)C(F)(F)C(=O)OC(C)C)OCC. The third-order valence-electron chi connectivity index (χ3n) is 2.06. The number of hydrogen-bond acceptors (Lipinski definition) is 6. The van der Waals surface area contributed by atoms with Gasteiger partial charge in [-0.25, -0.2) is 17.9 Å². The Kier molecular flexibility index (Phi) is 8.22. The molecule has 0 atom stereocenters. The highest BCUT2D eigenvalue weighted by molar-refractivity contribution is 7.91. The van der Waals surface area contributed by atoms with E-state index in [4.69, 9.17) is 9.47 Å². The van der Waals surface area contributed by atoms with Crippen molar-refractivity contribution in [3.05, 3.63) is 0 Å². The zero-order valence-electron chi connectivity index (χ0n) is 12.4. The average molecular weight is 333 g/mol. The summed E-state index contributed by atoms with van der Waals surface area (Å²) >= 11 is 0. The first-order valence-corrected chi connectivity index (χ1v) is 7.88. The largest absolute Gasteiger partial charge is 0.458 e. The van der Waals surface area contributed by atoms with E-state index in [1.807, 2.05) is 0 Å². The van der Waals surface area contributed by atoms with Gasteiger partial charge in [-0.3, -0.25) is 0 Å². The van der Waals surface area contributed by atoms with Gasteiger partial charge in [-0.2, -0.15) is 8.78 Å². The monoisotopic (exact) mass is 333 g/mol. The normalized spacial score (nSPS) is 13.0. The lowest BCUT2D eigenvalue weighted by molar-refractivity contribution is -0.165. The second-order valence-corrected chi connectivity index (χ2v) is 5.97. The van der Waals surface area contributed by atoms with Crippen molar-refractivity contribution in [2.24, 2.45) is 0 Å². The van der Waals surface area contributed by atoms with Gasteiger partial charge in [0.1, 0.15) is 0 Å². The van der Waals surface area contributed by atoms with Crippen molar-refractivity contribution in [3.8, 4) is 0 Å². The molecule has 0 aromatic heterocycles. The Balaban J connectivity index is 4.83. The van der Waals surface area contributed by atoms with Crippen molar-refractivity contribution in [2.75, 3.05) is 19.8 Å². The summed E-state index contributed by atoms with van der Waals surface area (Å²) in [5.74, 6) is -2.13. The first-order chi connectivity index (χ1) is 9.58. The molecule has 10 heteroatoms. The molecule has 0 fully saturated rings. The minimum absolute atomic E-state index is 0.207. The minimum atomic E-state index is -5.25. The van der Waals surface area contributed by atoms with Crippen molar-refractivity contribution < 1.29 is 36.2 Å². The number of nitrogens with one attached hydrogen (secondary N) is 1. The number of carbonyl (C=O) groups is 1. The van der Waals surface area contributed by atoms with Crippen LogP contribution in [0.2, 0.25) is 0 Å². The minimum Gasteiger partial charge on any atom is -0.458 e. The molecular weight excluding hydrogens is 312 g/mol. The first kappa shape index (κ1) is 20.2. The molecule has 0 aliphatic rings. The number of ether oxygens (including phenoxy) is 3. The smallest absolute Gasteiger partial charge is 0.454 e. The first-order valence-electron chi connectivity index (χ1n) is 6.39. The molecule has 1 N–H and O–H groups in total. The number of sulfonamides is 1. The van der Waals surface area contributed by atoms with Crippen molar-refractivity contribution in [1.82, 2.24) is 4.72 Å². The number of hydrogen-bond donors (Lipinski definition) is 1. The predicted octanol–water partition coefficient (Wildman–Crippen LogP) is 0.849. The third-order valence-corrected chi connectivity index (χ3v) is 3.45. The number of carbonyl (C=O) groups excluding carboxylic acids is 1. The highest BCUT2D eigenvalue weighted by Gasteiger charge is 2.54. The molecule has 0 amide bonds. The molecule has 21 heavy (non-hydrogen) atoms. The van der Waals surface area contributed by atoms with Gasteiger partial charge in [0.05, 0.1) is 12.6 Å². The maximum atomic E-state index is 13.6. The van der Waals surface area contributed by atoms with Crippen LogP contribution in [0.15, 0.2) is 0 Å². The number of esters is 1. The summed E-state index contributed by atoms with van der Waals surface area (Å²) in [7, 11) is -5.25. The van der Waals surface area contributed by atoms with Crippen molar-refractivity contribution in [3.63, 3.8) is 0 Å². The number of rotatable bonds is 10. The summed E-state index contributed by atoms with van der Waals surface area (Å²) in [5, 5.41) is -4.69. The molecule has 0 heterocycles. The lowest BCUT2D eigenvalue weighted by Gasteiger charge is -2.20. The van der Waals surface area contributed by atoms with Crippen LogP contribution in [0.4, 0.5) is 8.78 Å². The van der Waals surface area contributed by atoms with Gasteiger partial charge in [-0.15, -0.1) is 0 Å². The summed E-state index contributed by atoms with van der Waals surface area (Å²) in [4.78, 5) is 11.2. The van der Waals surface area contributed by atoms with Gasteiger partial charge in [0.15, 0.2) is 6.29 Å². The van der Waals surface area contributed by atoms with Crippen LogP contribution in [-0.4, -0.2) is 51.8 Å². The predicted molar refractivity (Wildman–Crippen MR) is 70.1 cm³/mol. The lowest BCUT2D eigenvalue weighted by Crippen LogP contribution is -2.49. The molecule has 0 saturated carbocycles. The van der Waals surface area contributed by atoms with Crippen LogP contribution in [0.5, 0.6) is 0 Å². The molecule has 0 spiro atoms. The Morgan fingerprint density at radius 3 is 2.05 bits per heavy atom. The molecule has 0 unspecified atom stereocenters.